The first-order chi connectivity index (χ1) is 9.91. The predicted molar refractivity (Wildman–Crippen MR) is 94.2 cm³/mol. The number of hydrogen-bond donors (Lipinski definition) is 2. The first-order valence-electron chi connectivity index (χ1n) is 7.80. The molecule has 0 heterocycles. The van der Waals surface area contributed by atoms with Gasteiger partial charge in [0.1, 0.15) is 0 Å². The number of rotatable bonds is 13. The van der Waals surface area contributed by atoms with E-state index in [2.05, 4.69) is 13.5 Å². The summed E-state index contributed by atoms with van der Waals surface area (Å²) in [5, 5.41) is 0. The molecule has 0 aliphatic carbocycles. The molecule has 0 aliphatic heterocycles. The van der Waals surface area contributed by atoms with Gasteiger partial charge in [0.05, 0.1) is 6.61 Å². The zero-order valence-electron chi connectivity index (χ0n) is 13.3. The van der Waals surface area contributed by atoms with Crippen molar-refractivity contribution in [2.75, 3.05) is 13.2 Å². The predicted octanol–water partition coefficient (Wildman–Crippen LogP) is 3.81. The Kier molecular flexibility index (Phi) is 26.9. The third-order valence-corrected chi connectivity index (χ3v) is 2.88. The molecule has 22 heavy (non-hydrogen) atoms. The van der Waals surface area contributed by atoms with Crippen molar-refractivity contribution >= 4 is 40.0 Å². The van der Waals surface area contributed by atoms with Crippen LogP contribution >= 0.6 is 0 Å². The summed E-state index contributed by atoms with van der Waals surface area (Å²) >= 11 is 0. The normalized spacial score (nSPS) is 10.3. The molecule has 0 radical (unpaired) electrons. The second-order valence-corrected chi connectivity index (χ2v) is 5.89. The molecule has 0 saturated carbocycles. The van der Waals surface area contributed by atoms with Gasteiger partial charge in [-0.25, -0.2) is 0 Å². The van der Waals surface area contributed by atoms with E-state index in [0.717, 1.165) is 6.61 Å². The average molecular weight is 348 g/mol. The van der Waals surface area contributed by atoms with Gasteiger partial charge in [-0.15, -0.1) is 6.58 Å². The third kappa shape index (κ3) is 42.8. The molecule has 5 nitrogen and oxygen atoms in total. The summed E-state index contributed by atoms with van der Waals surface area (Å²) in [5.74, 6) is 0. The van der Waals surface area contributed by atoms with E-state index in [-0.39, 0.29) is 29.6 Å². The topological polar surface area (TPSA) is 83.8 Å². The quantitative estimate of drug-likeness (QED) is 0.229. The van der Waals surface area contributed by atoms with E-state index in [1.165, 1.54) is 64.2 Å². The van der Waals surface area contributed by atoms with Gasteiger partial charge in [0.2, 0.25) is 0 Å². The van der Waals surface area contributed by atoms with Gasteiger partial charge in [-0.2, -0.15) is 8.42 Å². The van der Waals surface area contributed by atoms with Gasteiger partial charge in [-0.1, -0.05) is 70.8 Å². The van der Waals surface area contributed by atoms with Crippen LogP contribution in [0.2, 0.25) is 0 Å². The number of hydrogen-bond acceptors (Lipinski definition) is 3. The van der Waals surface area contributed by atoms with E-state index in [9.17, 15) is 0 Å². The summed E-state index contributed by atoms with van der Waals surface area (Å²) in [5.41, 5.74) is 0. The Bertz CT molecular complexity index is 299. The van der Waals surface area contributed by atoms with Crippen LogP contribution in [0.5, 0.6) is 0 Å². The van der Waals surface area contributed by atoms with Crippen molar-refractivity contribution in [2.45, 2.75) is 71.1 Å². The molecule has 130 valence electrons. The SMILES string of the molecule is C=CCOCCCCCCCCCCCC.O=S(=O)(O)O.[NaH]. The van der Waals surface area contributed by atoms with Crippen LogP contribution in [0, 0.1) is 0 Å². The third-order valence-electron chi connectivity index (χ3n) is 2.88. The van der Waals surface area contributed by atoms with E-state index in [1.807, 2.05) is 6.08 Å². The molecular weight excluding hydrogens is 315 g/mol. The van der Waals surface area contributed by atoms with Crippen molar-refractivity contribution < 1.29 is 22.3 Å². The van der Waals surface area contributed by atoms with Crippen LogP contribution in [0.25, 0.3) is 0 Å². The van der Waals surface area contributed by atoms with Gasteiger partial charge in [0, 0.05) is 6.61 Å². The molecule has 0 aliphatic rings. The second kappa shape index (κ2) is 21.6. The van der Waals surface area contributed by atoms with Gasteiger partial charge in [-0.05, 0) is 6.42 Å². The van der Waals surface area contributed by atoms with E-state index in [0.29, 0.717) is 6.61 Å². The minimum atomic E-state index is -4.67. The van der Waals surface area contributed by atoms with Gasteiger partial charge < -0.3 is 4.74 Å². The van der Waals surface area contributed by atoms with Crippen molar-refractivity contribution in [2.24, 2.45) is 0 Å². The fraction of sp³-hybridized carbons (Fsp3) is 0.867. The van der Waals surface area contributed by atoms with Gasteiger partial charge in [-0.3, -0.25) is 9.11 Å². The maximum absolute atomic E-state index is 8.74. The molecule has 7 heteroatoms. The Balaban J connectivity index is -0.000000520. The minimum absolute atomic E-state index is 0. The molecule has 0 amide bonds. The van der Waals surface area contributed by atoms with Gasteiger partial charge in [0.25, 0.3) is 0 Å². The molecule has 0 saturated heterocycles. The van der Waals surface area contributed by atoms with Crippen molar-refractivity contribution in [3.05, 3.63) is 12.7 Å². The number of ether oxygens (including phenoxy) is 1. The molecular formula is C15H33NaO5S. The average Bonchev–Trinajstić information content (AvgIpc) is 2.38. The van der Waals surface area contributed by atoms with Crippen LogP contribution in [0.15, 0.2) is 12.7 Å². The van der Waals surface area contributed by atoms with Crippen LogP contribution in [-0.4, -0.2) is 60.3 Å². The molecule has 0 fully saturated rings. The fourth-order valence-electron chi connectivity index (χ4n) is 1.86. The van der Waals surface area contributed by atoms with E-state index in [4.69, 9.17) is 22.3 Å². The van der Waals surface area contributed by atoms with E-state index >= 15 is 0 Å². The Morgan fingerprint density at radius 1 is 0.909 bits per heavy atom. The van der Waals surface area contributed by atoms with E-state index < -0.39 is 10.4 Å². The van der Waals surface area contributed by atoms with Crippen LogP contribution in [-0.2, 0) is 15.1 Å². The van der Waals surface area contributed by atoms with Gasteiger partial charge in [0.15, 0.2) is 0 Å². The summed E-state index contributed by atoms with van der Waals surface area (Å²) in [6.07, 6.45) is 15.7. The molecule has 0 rings (SSSR count). The molecule has 0 unspecified atom stereocenters. The van der Waals surface area contributed by atoms with Crippen molar-refractivity contribution in [3.8, 4) is 0 Å². The molecule has 0 aromatic carbocycles. The van der Waals surface area contributed by atoms with Crippen LogP contribution < -0.4 is 0 Å². The standard InChI is InChI=1S/C15H30O.Na.H2O4S.H/c1-3-5-6-7-8-9-10-11-12-13-15-16-14-4-2;;1-5(2,3)4;/h4H,2-3,5-15H2,1H3;;(H2,1,2,3,4);. The van der Waals surface area contributed by atoms with Crippen molar-refractivity contribution in [1.82, 2.24) is 0 Å². The zero-order valence-corrected chi connectivity index (χ0v) is 14.1. The summed E-state index contributed by atoms with van der Waals surface area (Å²) < 4.78 is 36.9. The van der Waals surface area contributed by atoms with E-state index in [1.54, 1.807) is 0 Å². The molecule has 0 aromatic heterocycles. The Labute approximate surface area is 158 Å². The van der Waals surface area contributed by atoms with Crippen molar-refractivity contribution in [3.63, 3.8) is 0 Å². The summed E-state index contributed by atoms with van der Waals surface area (Å²) in [7, 11) is -4.67. The Hall–Kier alpha value is 0.570. The Morgan fingerprint density at radius 3 is 1.64 bits per heavy atom. The van der Waals surface area contributed by atoms with Crippen LogP contribution in [0.1, 0.15) is 71.1 Å². The molecule has 0 bridgehead atoms. The zero-order chi connectivity index (χ0) is 16.4. The summed E-state index contributed by atoms with van der Waals surface area (Å²) in [4.78, 5) is 0. The molecule has 0 atom stereocenters. The summed E-state index contributed by atoms with van der Waals surface area (Å²) in [6.45, 7) is 7.51. The molecule has 0 spiro atoms. The summed E-state index contributed by atoms with van der Waals surface area (Å²) in [6, 6.07) is 0. The van der Waals surface area contributed by atoms with Crippen molar-refractivity contribution in [1.29, 1.82) is 0 Å². The monoisotopic (exact) mass is 348 g/mol. The Morgan fingerprint density at radius 2 is 1.27 bits per heavy atom. The maximum atomic E-state index is 8.74. The number of unbranched alkanes of at least 4 members (excludes halogenated alkanes) is 9. The molecule has 2 N–H and O–H groups in total. The van der Waals surface area contributed by atoms with Crippen LogP contribution in [0.3, 0.4) is 0 Å². The fourth-order valence-corrected chi connectivity index (χ4v) is 1.86. The van der Waals surface area contributed by atoms with Crippen LogP contribution in [0.4, 0.5) is 0 Å². The molecule has 0 aromatic rings. The first kappa shape index (κ1) is 27.4. The van der Waals surface area contributed by atoms with Gasteiger partial charge >= 0.3 is 40.0 Å². The second-order valence-electron chi connectivity index (χ2n) is 4.99. The first-order valence-corrected chi connectivity index (χ1v) is 9.20.